The summed E-state index contributed by atoms with van der Waals surface area (Å²) < 4.78 is 0.626. The first-order valence-electron chi connectivity index (χ1n) is 3.46. The van der Waals surface area contributed by atoms with Gasteiger partial charge in [-0.25, -0.2) is 5.01 Å². The highest BCUT2D eigenvalue weighted by Crippen LogP contribution is 2.42. The monoisotopic (exact) mass is 238 g/mol. The molecule has 3 atom stereocenters. The first kappa shape index (κ1) is 6.37. The highest BCUT2D eigenvalue weighted by molar-refractivity contribution is 14.1. The van der Waals surface area contributed by atoms with Crippen LogP contribution < -0.4 is 5.84 Å². The lowest BCUT2D eigenvalue weighted by atomic mass is 10.1. The van der Waals surface area contributed by atoms with Crippen molar-refractivity contribution < 1.29 is 0 Å². The molecule has 3 heteroatoms. The van der Waals surface area contributed by atoms with Crippen LogP contribution in [-0.2, 0) is 0 Å². The standard InChI is InChI=1S/C6H11IN2/c7-6-4-1-2-5(3-4)9(6)8/h4-6H,1-3,8H2. The van der Waals surface area contributed by atoms with Crippen molar-refractivity contribution in [2.24, 2.45) is 11.8 Å². The predicted octanol–water partition coefficient (Wildman–Crippen LogP) is 1.11. The molecule has 1 saturated heterocycles. The number of nitrogens with two attached hydrogens (primary N) is 1. The topological polar surface area (TPSA) is 29.3 Å². The van der Waals surface area contributed by atoms with Gasteiger partial charge in [-0.05, 0) is 25.2 Å². The SMILES string of the molecule is NN1C2CCC(C2)C1I. The maximum absolute atomic E-state index is 5.79. The van der Waals surface area contributed by atoms with E-state index >= 15 is 0 Å². The van der Waals surface area contributed by atoms with Gasteiger partial charge in [-0.2, -0.15) is 0 Å². The third-order valence-corrected chi connectivity index (χ3v) is 4.20. The average Bonchev–Trinajstić information content (AvgIpc) is 2.37. The second-order valence-electron chi connectivity index (χ2n) is 3.05. The van der Waals surface area contributed by atoms with Crippen LogP contribution in [0, 0.1) is 5.92 Å². The van der Waals surface area contributed by atoms with Gasteiger partial charge in [0, 0.05) is 6.04 Å². The molecule has 0 spiro atoms. The molecule has 0 amide bonds. The van der Waals surface area contributed by atoms with E-state index in [2.05, 4.69) is 22.6 Å². The summed E-state index contributed by atoms with van der Waals surface area (Å²) in [6, 6.07) is 0.719. The summed E-state index contributed by atoms with van der Waals surface area (Å²) >= 11 is 2.45. The van der Waals surface area contributed by atoms with E-state index in [1.54, 1.807) is 0 Å². The fourth-order valence-corrected chi connectivity index (χ4v) is 3.07. The van der Waals surface area contributed by atoms with Crippen molar-refractivity contribution in [2.45, 2.75) is 29.4 Å². The molecule has 2 aliphatic rings. The van der Waals surface area contributed by atoms with Gasteiger partial charge in [0.1, 0.15) is 0 Å². The smallest absolute Gasteiger partial charge is 0.0787 e. The number of rotatable bonds is 0. The number of nitrogens with zero attached hydrogens (tertiary/aromatic N) is 1. The van der Waals surface area contributed by atoms with Gasteiger partial charge in [0.15, 0.2) is 0 Å². The van der Waals surface area contributed by atoms with E-state index in [4.69, 9.17) is 5.84 Å². The number of hydrazine groups is 1. The van der Waals surface area contributed by atoms with Crippen molar-refractivity contribution in [3.8, 4) is 0 Å². The molecule has 2 fully saturated rings. The molecule has 0 aromatic rings. The lowest BCUT2D eigenvalue weighted by Gasteiger charge is -2.26. The quantitative estimate of drug-likeness (QED) is 0.296. The Morgan fingerprint density at radius 3 is 2.56 bits per heavy atom. The molecule has 1 aliphatic carbocycles. The van der Waals surface area contributed by atoms with Crippen LogP contribution in [0.25, 0.3) is 0 Å². The number of halogens is 1. The van der Waals surface area contributed by atoms with Crippen LogP contribution in [0.15, 0.2) is 0 Å². The molecule has 2 bridgehead atoms. The number of hydrogen-bond donors (Lipinski definition) is 1. The molecule has 9 heavy (non-hydrogen) atoms. The summed E-state index contributed by atoms with van der Waals surface area (Å²) in [6.45, 7) is 0. The molecule has 2 nitrogen and oxygen atoms in total. The molecule has 0 aromatic heterocycles. The van der Waals surface area contributed by atoms with E-state index in [1.807, 2.05) is 5.01 Å². The first-order valence-corrected chi connectivity index (χ1v) is 4.70. The summed E-state index contributed by atoms with van der Waals surface area (Å²) in [4.78, 5) is 0. The van der Waals surface area contributed by atoms with Gasteiger partial charge in [0.05, 0.1) is 4.05 Å². The lowest BCUT2D eigenvalue weighted by Crippen LogP contribution is -2.42. The molecule has 2 rings (SSSR count). The third-order valence-electron chi connectivity index (χ3n) is 2.54. The molecule has 2 N–H and O–H groups in total. The van der Waals surface area contributed by atoms with Gasteiger partial charge in [-0.15, -0.1) is 0 Å². The molecule has 1 saturated carbocycles. The minimum atomic E-state index is 0.626. The highest BCUT2D eigenvalue weighted by Gasteiger charge is 2.42. The Hall–Kier alpha value is 0.650. The number of alkyl halides is 1. The van der Waals surface area contributed by atoms with Crippen LogP contribution >= 0.6 is 22.6 Å². The molecule has 52 valence electrons. The van der Waals surface area contributed by atoms with Crippen molar-refractivity contribution in [1.82, 2.24) is 5.01 Å². The summed E-state index contributed by atoms with van der Waals surface area (Å²) in [5.74, 6) is 6.69. The Labute approximate surface area is 68.9 Å². The second-order valence-corrected chi connectivity index (χ2v) is 4.32. The van der Waals surface area contributed by atoms with Crippen molar-refractivity contribution in [2.75, 3.05) is 0 Å². The zero-order valence-electron chi connectivity index (χ0n) is 5.26. The van der Waals surface area contributed by atoms with Crippen LogP contribution in [0.3, 0.4) is 0 Å². The fourth-order valence-electron chi connectivity index (χ4n) is 1.96. The second kappa shape index (κ2) is 2.07. The molecule has 1 aliphatic heterocycles. The van der Waals surface area contributed by atoms with Gasteiger partial charge < -0.3 is 0 Å². The number of hydrogen-bond acceptors (Lipinski definition) is 2. The summed E-state index contributed by atoms with van der Waals surface area (Å²) in [5.41, 5.74) is 0. The Morgan fingerprint density at radius 2 is 2.22 bits per heavy atom. The number of fused-ring (bicyclic) bond motifs is 2. The van der Waals surface area contributed by atoms with Gasteiger partial charge in [0.2, 0.25) is 0 Å². The zero-order valence-corrected chi connectivity index (χ0v) is 7.41. The molecule has 3 unspecified atom stereocenters. The lowest BCUT2D eigenvalue weighted by molar-refractivity contribution is 0.207. The Morgan fingerprint density at radius 1 is 1.44 bits per heavy atom. The van der Waals surface area contributed by atoms with Gasteiger partial charge in [-0.1, -0.05) is 22.6 Å². The van der Waals surface area contributed by atoms with Gasteiger partial charge >= 0.3 is 0 Å². The average molecular weight is 238 g/mol. The Bertz CT molecular complexity index is 110. The normalized spacial score (nSPS) is 50.7. The van der Waals surface area contributed by atoms with E-state index in [-0.39, 0.29) is 0 Å². The van der Waals surface area contributed by atoms with E-state index < -0.39 is 0 Å². The Kier molecular flexibility index (Phi) is 1.46. The summed E-state index contributed by atoms with van der Waals surface area (Å²) in [7, 11) is 0. The van der Waals surface area contributed by atoms with Gasteiger partial charge in [-0.3, -0.25) is 5.84 Å². The van der Waals surface area contributed by atoms with Crippen molar-refractivity contribution in [3.63, 3.8) is 0 Å². The maximum atomic E-state index is 5.79. The van der Waals surface area contributed by atoms with E-state index in [1.165, 1.54) is 19.3 Å². The zero-order chi connectivity index (χ0) is 6.43. The maximum Gasteiger partial charge on any atom is 0.0787 e. The van der Waals surface area contributed by atoms with E-state index in [9.17, 15) is 0 Å². The molecule has 1 heterocycles. The molecular formula is C6H11IN2. The molecule has 0 radical (unpaired) electrons. The van der Waals surface area contributed by atoms with Crippen LogP contribution in [0.1, 0.15) is 19.3 Å². The van der Waals surface area contributed by atoms with Crippen LogP contribution in [-0.4, -0.2) is 15.1 Å². The van der Waals surface area contributed by atoms with Crippen LogP contribution in [0.2, 0.25) is 0 Å². The van der Waals surface area contributed by atoms with E-state index in [0.29, 0.717) is 4.05 Å². The van der Waals surface area contributed by atoms with Crippen molar-refractivity contribution >= 4 is 22.6 Å². The molecule has 0 aromatic carbocycles. The largest absolute Gasteiger partial charge is 0.268 e. The molecular weight excluding hydrogens is 227 g/mol. The third kappa shape index (κ3) is 0.816. The van der Waals surface area contributed by atoms with Crippen molar-refractivity contribution in [1.29, 1.82) is 0 Å². The Balaban J connectivity index is 2.15. The fraction of sp³-hybridized carbons (Fsp3) is 1.00. The first-order chi connectivity index (χ1) is 4.29. The van der Waals surface area contributed by atoms with Gasteiger partial charge in [0.25, 0.3) is 0 Å². The highest BCUT2D eigenvalue weighted by atomic mass is 127. The minimum Gasteiger partial charge on any atom is -0.268 e. The van der Waals surface area contributed by atoms with Crippen molar-refractivity contribution in [3.05, 3.63) is 0 Å². The van der Waals surface area contributed by atoms with Crippen LogP contribution in [0.5, 0.6) is 0 Å². The summed E-state index contributed by atoms with van der Waals surface area (Å²) in [6.07, 6.45) is 4.09. The minimum absolute atomic E-state index is 0.626. The van der Waals surface area contributed by atoms with Crippen LogP contribution in [0.4, 0.5) is 0 Å². The number of piperidine rings is 1. The van der Waals surface area contributed by atoms with E-state index in [0.717, 1.165) is 12.0 Å². The predicted molar refractivity (Wildman–Crippen MR) is 45.0 cm³/mol. The summed E-state index contributed by atoms with van der Waals surface area (Å²) in [5, 5.41) is 2.04.